The van der Waals surface area contributed by atoms with Crippen LogP contribution in [0.15, 0.2) is 41.5 Å². The number of aliphatic hydroxyl groups is 1. The minimum atomic E-state index is -0.448. The molecule has 7 nitrogen and oxygen atoms in total. The number of nitrogens with one attached hydrogen (secondary N) is 2. The largest absolute Gasteiger partial charge is 0.390 e. The summed E-state index contributed by atoms with van der Waals surface area (Å²) in [6, 6.07) is 10.5. The average molecular weight is 371 g/mol. The highest BCUT2D eigenvalue weighted by Crippen LogP contribution is 2.18. The first-order valence-electron chi connectivity index (χ1n) is 9.62. The van der Waals surface area contributed by atoms with Crippen LogP contribution in [0.2, 0.25) is 0 Å². The van der Waals surface area contributed by atoms with E-state index in [1.165, 1.54) is 11.1 Å². The van der Waals surface area contributed by atoms with Gasteiger partial charge in [0.2, 0.25) is 0 Å². The van der Waals surface area contributed by atoms with E-state index in [1.807, 2.05) is 24.7 Å². The van der Waals surface area contributed by atoms with Gasteiger partial charge in [-0.3, -0.25) is 9.58 Å². The van der Waals surface area contributed by atoms with Crippen LogP contribution in [0, 0.1) is 0 Å². The number of aromatic nitrogens is 2. The van der Waals surface area contributed by atoms with Crippen molar-refractivity contribution in [3.8, 4) is 0 Å². The van der Waals surface area contributed by atoms with Crippen molar-refractivity contribution in [2.45, 2.75) is 32.5 Å². The van der Waals surface area contributed by atoms with Gasteiger partial charge in [0.05, 0.1) is 18.3 Å². The zero-order valence-corrected chi connectivity index (χ0v) is 16.2. The SMILES string of the molecule is CCNC(=NCc1ccnn1C)NCC(O)CN1CCc2ccccc2C1. The maximum absolute atomic E-state index is 10.5. The first-order chi connectivity index (χ1) is 13.2. The van der Waals surface area contributed by atoms with Gasteiger partial charge in [-0.05, 0) is 30.5 Å². The number of β-amino-alcohol motifs (C(OH)–C–C–N with tert-alkyl or cyclic N) is 1. The van der Waals surface area contributed by atoms with Crippen LogP contribution >= 0.6 is 0 Å². The van der Waals surface area contributed by atoms with Gasteiger partial charge in [0.15, 0.2) is 5.96 Å². The molecule has 3 N–H and O–H groups in total. The third-order valence-corrected chi connectivity index (χ3v) is 4.85. The molecule has 0 saturated heterocycles. The first kappa shape index (κ1) is 19.4. The Morgan fingerprint density at radius 2 is 2.07 bits per heavy atom. The summed E-state index contributed by atoms with van der Waals surface area (Å²) in [5, 5.41) is 21.1. The van der Waals surface area contributed by atoms with Crippen molar-refractivity contribution in [3.63, 3.8) is 0 Å². The zero-order chi connectivity index (χ0) is 19.1. The molecule has 7 heteroatoms. The maximum Gasteiger partial charge on any atom is 0.191 e. The van der Waals surface area contributed by atoms with Gasteiger partial charge in [0, 0.05) is 46.0 Å². The second kappa shape index (κ2) is 9.53. The quantitative estimate of drug-likeness (QED) is 0.499. The average Bonchev–Trinajstić information content (AvgIpc) is 3.09. The first-order valence-corrected chi connectivity index (χ1v) is 9.62. The van der Waals surface area contributed by atoms with E-state index in [0.29, 0.717) is 25.6 Å². The molecule has 0 spiro atoms. The van der Waals surface area contributed by atoms with Gasteiger partial charge in [-0.15, -0.1) is 0 Å². The molecule has 1 aromatic carbocycles. The minimum absolute atomic E-state index is 0.448. The number of hydrogen-bond donors (Lipinski definition) is 3. The van der Waals surface area contributed by atoms with Gasteiger partial charge in [-0.2, -0.15) is 5.10 Å². The highest BCUT2D eigenvalue weighted by atomic mass is 16.3. The summed E-state index contributed by atoms with van der Waals surface area (Å²) in [5.74, 6) is 0.710. The lowest BCUT2D eigenvalue weighted by atomic mass is 10.00. The molecule has 3 rings (SSSR count). The van der Waals surface area contributed by atoms with Crippen molar-refractivity contribution in [2.24, 2.45) is 12.0 Å². The third kappa shape index (κ3) is 5.55. The van der Waals surface area contributed by atoms with Gasteiger partial charge in [-0.25, -0.2) is 4.99 Å². The molecule has 0 fully saturated rings. The number of nitrogens with zero attached hydrogens (tertiary/aromatic N) is 4. The number of benzene rings is 1. The predicted octanol–water partition coefficient (Wildman–Crippen LogP) is 0.894. The highest BCUT2D eigenvalue weighted by molar-refractivity contribution is 5.79. The Labute approximate surface area is 161 Å². The van der Waals surface area contributed by atoms with Crippen molar-refractivity contribution in [3.05, 3.63) is 53.3 Å². The third-order valence-electron chi connectivity index (χ3n) is 4.85. The van der Waals surface area contributed by atoms with Gasteiger partial charge < -0.3 is 15.7 Å². The van der Waals surface area contributed by atoms with Crippen molar-refractivity contribution in [1.82, 2.24) is 25.3 Å². The van der Waals surface area contributed by atoms with E-state index in [1.54, 1.807) is 6.20 Å². The van der Waals surface area contributed by atoms with Gasteiger partial charge in [-0.1, -0.05) is 24.3 Å². The monoisotopic (exact) mass is 370 g/mol. The summed E-state index contributed by atoms with van der Waals surface area (Å²) in [5.41, 5.74) is 3.84. The summed E-state index contributed by atoms with van der Waals surface area (Å²) < 4.78 is 1.82. The van der Waals surface area contributed by atoms with Crippen LogP contribution < -0.4 is 10.6 Å². The van der Waals surface area contributed by atoms with E-state index >= 15 is 0 Å². The minimum Gasteiger partial charge on any atom is -0.390 e. The molecule has 2 aromatic rings. The summed E-state index contributed by atoms with van der Waals surface area (Å²) >= 11 is 0. The number of aliphatic hydroxyl groups excluding tert-OH is 1. The normalized spacial score (nSPS) is 16.0. The highest BCUT2D eigenvalue weighted by Gasteiger charge is 2.18. The van der Waals surface area contributed by atoms with Crippen LogP contribution in [-0.2, 0) is 26.6 Å². The zero-order valence-electron chi connectivity index (χ0n) is 16.2. The van der Waals surface area contributed by atoms with Crippen LogP contribution in [0.25, 0.3) is 0 Å². The van der Waals surface area contributed by atoms with Crippen LogP contribution in [0.3, 0.4) is 0 Å². The Hall–Kier alpha value is -2.38. The molecule has 27 heavy (non-hydrogen) atoms. The molecule has 0 saturated carbocycles. The fraction of sp³-hybridized carbons (Fsp3) is 0.500. The Bertz CT molecular complexity index is 756. The molecule has 2 heterocycles. The lowest BCUT2D eigenvalue weighted by Crippen LogP contribution is -2.45. The summed E-state index contributed by atoms with van der Waals surface area (Å²) in [4.78, 5) is 6.89. The van der Waals surface area contributed by atoms with Crippen molar-refractivity contribution in [1.29, 1.82) is 0 Å². The second-order valence-corrected chi connectivity index (χ2v) is 6.93. The van der Waals surface area contributed by atoms with E-state index in [0.717, 1.165) is 31.7 Å². The van der Waals surface area contributed by atoms with Gasteiger partial charge in [0.25, 0.3) is 0 Å². The number of guanidine groups is 1. The molecule has 1 aliphatic rings. The standard InChI is InChI=1S/C20H30N6O/c1-3-21-20(22-12-18-8-10-24-25(18)2)23-13-19(27)15-26-11-9-16-6-4-5-7-17(16)14-26/h4-8,10,19,27H,3,9,11-15H2,1-2H3,(H2,21,22,23). The molecule has 1 aromatic heterocycles. The summed E-state index contributed by atoms with van der Waals surface area (Å²) in [6.07, 6.45) is 2.37. The smallest absolute Gasteiger partial charge is 0.191 e. The van der Waals surface area contributed by atoms with E-state index in [9.17, 15) is 5.11 Å². The Kier molecular flexibility index (Phi) is 6.84. The maximum atomic E-state index is 10.5. The number of fused-ring (bicyclic) bond motifs is 1. The van der Waals surface area contributed by atoms with Crippen LogP contribution in [-0.4, -0.2) is 58.0 Å². The molecular weight excluding hydrogens is 340 g/mol. The Balaban J connectivity index is 1.48. The molecule has 0 aliphatic carbocycles. The lowest BCUT2D eigenvalue weighted by molar-refractivity contribution is 0.108. The van der Waals surface area contributed by atoms with E-state index < -0.39 is 6.10 Å². The van der Waals surface area contributed by atoms with Gasteiger partial charge in [0.1, 0.15) is 0 Å². The molecule has 0 amide bonds. The van der Waals surface area contributed by atoms with E-state index in [-0.39, 0.29) is 0 Å². The van der Waals surface area contributed by atoms with Gasteiger partial charge >= 0.3 is 0 Å². The predicted molar refractivity (Wildman–Crippen MR) is 107 cm³/mol. The number of aryl methyl sites for hydroxylation is 1. The lowest BCUT2D eigenvalue weighted by Gasteiger charge is -2.30. The van der Waals surface area contributed by atoms with E-state index in [2.05, 4.69) is 49.9 Å². The molecular formula is C20H30N6O. The van der Waals surface area contributed by atoms with Crippen molar-refractivity contribution < 1.29 is 5.11 Å². The van der Waals surface area contributed by atoms with E-state index in [4.69, 9.17) is 0 Å². The molecule has 1 aliphatic heterocycles. The second-order valence-electron chi connectivity index (χ2n) is 6.93. The number of rotatable bonds is 7. The molecule has 0 bridgehead atoms. The Morgan fingerprint density at radius 3 is 2.81 bits per heavy atom. The van der Waals surface area contributed by atoms with Crippen molar-refractivity contribution >= 4 is 5.96 Å². The molecule has 1 unspecified atom stereocenters. The van der Waals surface area contributed by atoms with Crippen molar-refractivity contribution in [2.75, 3.05) is 26.2 Å². The fourth-order valence-corrected chi connectivity index (χ4v) is 3.35. The summed E-state index contributed by atoms with van der Waals surface area (Å²) in [6.45, 7) is 6.37. The van der Waals surface area contributed by atoms with Crippen LogP contribution in [0.4, 0.5) is 0 Å². The van der Waals surface area contributed by atoms with Crippen LogP contribution in [0.5, 0.6) is 0 Å². The topological polar surface area (TPSA) is 77.7 Å². The number of hydrogen-bond acceptors (Lipinski definition) is 4. The van der Waals surface area contributed by atoms with Crippen LogP contribution in [0.1, 0.15) is 23.7 Å². The molecule has 1 atom stereocenters. The molecule has 146 valence electrons. The molecule has 0 radical (unpaired) electrons. The Morgan fingerprint density at radius 1 is 1.26 bits per heavy atom. The number of aliphatic imine (C=N–C) groups is 1. The summed E-state index contributed by atoms with van der Waals surface area (Å²) in [7, 11) is 1.91. The fourth-order valence-electron chi connectivity index (χ4n) is 3.35.